The van der Waals surface area contributed by atoms with Crippen molar-refractivity contribution in [1.29, 1.82) is 0 Å². The summed E-state index contributed by atoms with van der Waals surface area (Å²) in [5.74, 6) is 1.49. The zero-order valence-electron chi connectivity index (χ0n) is 11.2. The average Bonchev–Trinajstić information content (AvgIpc) is 2.96. The van der Waals surface area contributed by atoms with E-state index in [2.05, 4.69) is 22.0 Å². The molecule has 0 radical (unpaired) electrons. The molecule has 2 rings (SSSR count). The molecule has 4 nitrogen and oxygen atoms in total. The van der Waals surface area contributed by atoms with Crippen molar-refractivity contribution >= 4 is 22.9 Å². The second kappa shape index (κ2) is 7.03. The fourth-order valence-electron chi connectivity index (χ4n) is 1.78. The zero-order chi connectivity index (χ0) is 13.7. The van der Waals surface area contributed by atoms with Gasteiger partial charge >= 0.3 is 0 Å². The van der Waals surface area contributed by atoms with Crippen LogP contribution in [0, 0.1) is 0 Å². The normalized spacial score (nSPS) is 11.4. The predicted molar refractivity (Wildman–Crippen MR) is 77.4 cm³/mol. The SMILES string of the molecule is CCCCc1noc(CN(C)Cc2ccc(Cl)s2)n1. The first-order valence-corrected chi connectivity index (χ1v) is 7.61. The highest BCUT2D eigenvalue weighted by molar-refractivity contribution is 7.16. The summed E-state index contributed by atoms with van der Waals surface area (Å²) in [6.45, 7) is 3.65. The number of aromatic nitrogens is 2. The molecule has 0 atom stereocenters. The lowest BCUT2D eigenvalue weighted by Crippen LogP contribution is -2.16. The molecule has 0 saturated heterocycles. The van der Waals surface area contributed by atoms with E-state index in [1.54, 1.807) is 11.3 Å². The Morgan fingerprint density at radius 3 is 2.89 bits per heavy atom. The monoisotopic (exact) mass is 299 g/mol. The lowest BCUT2D eigenvalue weighted by Gasteiger charge is -2.12. The van der Waals surface area contributed by atoms with E-state index in [9.17, 15) is 0 Å². The first kappa shape index (κ1) is 14.5. The highest BCUT2D eigenvalue weighted by Gasteiger charge is 2.10. The molecule has 0 amide bonds. The molecule has 0 aliphatic rings. The summed E-state index contributed by atoms with van der Waals surface area (Å²) >= 11 is 7.52. The van der Waals surface area contributed by atoms with Crippen LogP contribution < -0.4 is 0 Å². The molecule has 0 aliphatic heterocycles. The van der Waals surface area contributed by atoms with Gasteiger partial charge in [0.05, 0.1) is 10.9 Å². The van der Waals surface area contributed by atoms with Gasteiger partial charge in [0.25, 0.3) is 0 Å². The predicted octanol–water partition coefficient (Wildman–Crippen LogP) is 3.76. The number of hydrogen-bond donors (Lipinski definition) is 0. The Morgan fingerprint density at radius 2 is 2.21 bits per heavy atom. The largest absolute Gasteiger partial charge is 0.338 e. The molecule has 0 fully saturated rings. The number of nitrogens with zero attached hydrogens (tertiary/aromatic N) is 3. The van der Waals surface area contributed by atoms with Crippen LogP contribution in [0.1, 0.15) is 36.4 Å². The molecule has 2 heterocycles. The third-order valence-electron chi connectivity index (χ3n) is 2.72. The third-order valence-corrected chi connectivity index (χ3v) is 3.94. The molecule has 0 aromatic carbocycles. The molecule has 0 bridgehead atoms. The molecule has 6 heteroatoms. The van der Waals surface area contributed by atoms with Crippen molar-refractivity contribution in [3.05, 3.63) is 33.1 Å². The summed E-state index contributed by atoms with van der Waals surface area (Å²) in [6, 6.07) is 3.97. The van der Waals surface area contributed by atoms with E-state index in [1.165, 1.54) is 4.88 Å². The minimum atomic E-state index is 0.661. The Hall–Kier alpha value is -0.910. The quantitative estimate of drug-likeness (QED) is 0.780. The number of hydrogen-bond acceptors (Lipinski definition) is 5. The number of halogens is 1. The van der Waals surface area contributed by atoms with Crippen LogP contribution in [0.3, 0.4) is 0 Å². The third kappa shape index (κ3) is 4.60. The van der Waals surface area contributed by atoms with E-state index in [0.717, 1.165) is 36.0 Å². The molecular formula is C13H18ClN3OS. The first-order valence-electron chi connectivity index (χ1n) is 6.41. The Labute approximate surface area is 122 Å². The van der Waals surface area contributed by atoms with Crippen LogP contribution >= 0.6 is 22.9 Å². The first-order chi connectivity index (χ1) is 9.17. The minimum absolute atomic E-state index is 0.661. The molecular weight excluding hydrogens is 282 g/mol. The van der Waals surface area contributed by atoms with E-state index >= 15 is 0 Å². The molecule has 2 aromatic rings. The molecule has 19 heavy (non-hydrogen) atoms. The van der Waals surface area contributed by atoms with Crippen molar-refractivity contribution in [3.63, 3.8) is 0 Å². The van der Waals surface area contributed by atoms with Gasteiger partial charge in [-0.25, -0.2) is 0 Å². The van der Waals surface area contributed by atoms with Crippen LogP contribution in [-0.4, -0.2) is 22.1 Å². The second-order valence-electron chi connectivity index (χ2n) is 4.59. The van der Waals surface area contributed by atoms with E-state index in [0.29, 0.717) is 12.4 Å². The van der Waals surface area contributed by atoms with Crippen LogP contribution in [0.4, 0.5) is 0 Å². The van der Waals surface area contributed by atoms with Gasteiger partial charge in [0.2, 0.25) is 5.89 Å². The number of rotatable bonds is 7. The molecule has 0 N–H and O–H groups in total. The Bertz CT molecular complexity index is 511. The van der Waals surface area contributed by atoms with Gasteiger partial charge in [-0.15, -0.1) is 11.3 Å². The van der Waals surface area contributed by atoms with E-state index in [4.69, 9.17) is 16.1 Å². The van der Waals surface area contributed by atoms with E-state index in [-0.39, 0.29) is 0 Å². The van der Waals surface area contributed by atoms with Gasteiger partial charge in [-0.2, -0.15) is 4.98 Å². The lowest BCUT2D eigenvalue weighted by atomic mass is 10.2. The van der Waals surface area contributed by atoms with Gasteiger partial charge in [-0.05, 0) is 25.6 Å². The lowest BCUT2D eigenvalue weighted by molar-refractivity contribution is 0.262. The van der Waals surface area contributed by atoms with Crippen molar-refractivity contribution < 1.29 is 4.52 Å². The summed E-state index contributed by atoms with van der Waals surface area (Å²) in [6.07, 6.45) is 3.13. The Balaban J connectivity index is 1.84. The zero-order valence-corrected chi connectivity index (χ0v) is 12.8. The van der Waals surface area contributed by atoms with E-state index in [1.807, 2.05) is 19.2 Å². The molecule has 0 spiro atoms. The summed E-state index contributed by atoms with van der Waals surface area (Å²) in [5.41, 5.74) is 0. The molecule has 104 valence electrons. The molecule has 2 aromatic heterocycles. The van der Waals surface area contributed by atoms with Crippen LogP contribution in [0.2, 0.25) is 4.34 Å². The number of unbranched alkanes of at least 4 members (excludes halogenated alkanes) is 1. The van der Waals surface area contributed by atoms with Crippen molar-refractivity contribution in [3.8, 4) is 0 Å². The van der Waals surface area contributed by atoms with Crippen molar-refractivity contribution in [2.75, 3.05) is 7.05 Å². The van der Waals surface area contributed by atoms with Crippen LogP contribution in [0.5, 0.6) is 0 Å². The van der Waals surface area contributed by atoms with Crippen molar-refractivity contribution in [1.82, 2.24) is 15.0 Å². The van der Waals surface area contributed by atoms with E-state index < -0.39 is 0 Å². The summed E-state index contributed by atoms with van der Waals surface area (Å²) in [4.78, 5) is 7.77. The fourth-order valence-corrected chi connectivity index (χ4v) is 2.95. The van der Waals surface area contributed by atoms with Crippen LogP contribution in [0.25, 0.3) is 0 Å². The van der Waals surface area contributed by atoms with Crippen LogP contribution in [0.15, 0.2) is 16.7 Å². The van der Waals surface area contributed by atoms with Gasteiger partial charge in [0.1, 0.15) is 0 Å². The Kier molecular flexibility index (Phi) is 5.36. The van der Waals surface area contributed by atoms with Gasteiger partial charge in [0.15, 0.2) is 5.82 Å². The van der Waals surface area contributed by atoms with Crippen molar-refractivity contribution in [2.24, 2.45) is 0 Å². The fraction of sp³-hybridized carbons (Fsp3) is 0.538. The van der Waals surface area contributed by atoms with Gasteiger partial charge < -0.3 is 4.52 Å². The summed E-state index contributed by atoms with van der Waals surface area (Å²) in [7, 11) is 2.03. The van der Waals surface area contributed by atoms with Gasteiger partial charge in [0, 0.05) is 17.8 Å². The summed E-state index contributed by atoms with van der Waals surface area (Å²) in [5, 5.41) is 3.99. The minimum Gasteiger partial charge on any atom is -0.338 e. The average molecular weight is 300 g/mol. The molecule has 0 unspecified atom stereocenters. The maximum atomic E-state index is 5.92. The summed E-state index contributed by atoms with van der Waals surface area (Å²) < 4.78 is 6.07. The maximum Gasteiger partial charge on any atom is 0.240 e. The standard InChI is InChI=1S/C13H18ClN3OS/c1-3-4-5-12-15-13(18-16-12)9-17(2)8-10-6-7-11(14)19-10/h6-7H,3-5,8-9H2,1-2H3. The molecule has 0 saturated carbocycles. The highest BCUT2D eigenvalue weighted by atomic mass is 35.5. The van der Waals surface area contributed by atoms with Crippen molar-refractivity contribution in [2.45, 2.75) is 39.3 Å². The smallest absolute Gasteiger partial charge is 0.240 e. The number of thiophene rings is 1. The maximum absolute atomic E-state index is 5.92. The number of aryl methyl sites for hydroxylation is 1. The molecule has 0 aliphatic carbocycles. The highest BCUT2D eigenvalue weighted by Crippen LogP contribution is 2.22. The van der Waals surface area contributed by atoms with Gasteiger partial charge in [-0.1, -0.05) is 30.1 Å². The Morgan fingerprint density at radius 1 is 1.37 bits per heavy atom. The topological polar surface area (TPSA) is 42.2 Å². The van der Waals surface area contributed by atoms with Gasteiger partial charge in [-0.3, -0.25) is 4.90 Å². The second-order valence-corrected chi connectivity index (χ2v) is 6.39. The van der Waals surface area contributed by atoms with Crippen LogP contribution in [-0.2, 0) is 19.5 Å².